The number of nitrogens with one attached hydrogen (secondary N) is 1. The van der Waals surface area contributed by atoms with Gasteiger partial charge in [-0.05, 0) is 73.5 Å². The normalized spacial score (nSPS) is 14.3. The molecular formula is C27H29FN2O2. The molecule has 1 aliphatic heterocycles. The van der Waals surface area contributed by atoms with Gasteiger partial charge in [-0.15, -0.1) is 0 Å². The van der Waals surface area contributed by atoms with E-state index in [1.165, 1.54) is 12.1 Å². The van der Waals surface area contributed by atoms with Crippen molar-refractivity contribution in [1.29, 1.82) is 0 Å². The van der Waals surface area contributed by atoms with Crippen molar-refractivity contribution in [2.45, 2.75) is 27.2 Å². The molecule has 5 heteroatoms. The van der Waals surface area contributed by atoms with Crippen LogP contribution in [0.15, 0.2) is 48.5 Å². The summed E-state index contributed by atoms with van der Waals surface area (Å²) in [5.41, 5.74) is 5.76. The Morgan fingerprint density at radius 3 is 2.62 bits per heavy atom. The molecule has 1 amide bonds. The molecule has 32 heavy (non-hydrogen) atoms. The summed E-state index contributed by atoms with van der Waals surface area (Å²) < 4.78 is 20.0. The summed E-state index contributed by atoms with van der Waals surface area (Å²) in [6.45, 7) is 10.1. The number of hydrogen-bond donors (Lipinski definition) is 1. The predicted octanol–water partition coefficient (Wildman–Crippen LogP) is 5.84. The molecule has 0 radical (unpaired) electrons. The lowest BCUT2D eigenvalue weighted by molar-refractivity contribution is -0.110. The van der Waals surface area contributed by atoms with E-state index in [0.717, 1.165) is 54.1 Å². The summed E-state index contributed by atoms with van der Waals surface area (Å²) in [7, 11) is 0. The molecule has 1 N–H and O–H groups in total. The first-order valence-corrected chi connectivity index (χ1v) is 11.2. The van der Waals surface area contributed by atoms with E-state index in [9.17, 15) is 9.18 Å². The van der Waals surface area contributed by atoms with E-state index < -0.39 is 0 Å². The van der Waals surface area contributed by atoms with Crippen LogP contribution in [0.2, 0.25) is 0 Å². The molecule has 0 aromatic heterocycles. The number of halogens is 1. The number of anilines is 1. The summed E-state index contributed by atoms with van der Waals surface area (Å²) in [6, 6.07) is 14.4. The van der Waals surface area contributed by atoms with Gasteiger partial charge in [-0.25, -0.2) is 4.39 Å². The number of carbonyl (C=O) groups excluding carboxylic acids is 1. The molecule has 0 unspecified atom stereocenters. The van der Waals surface area contributed by atoms with E-state index in [0.29, 0.717) is 23.4 Å². The van der Waals surface area contributed by atoms with Crippen molar-refractivity contribution < 1.29 is 13.9 Å². The fraction of sp³-hybridized carbons (Fsp3) is 0.296. The number of carbonyl (C=O) groups is 1. The van der Waals surface area contributed by atoms with Crippen molar-refractivity contribution in [3.05, 3.63) is 71.0 Å². The van der Waals surface area contributed by atoms with Crippen LogP contribution in [0, 0.1) is 12.7 Å². The smallest absolute Gasteiger partial charge is 0.256 e. The highest BCUT2D eigenvalue weighted by molar-refractivity contribution is 6.35. The van der Waals surface area contributed by atoms with E-state index in [1.807, 2.05) is 30.3 Å². The molecule has 166 valence electrons. The Morgan fingerprint density at radius 2 is 1.84 bits per heavy atom. The van der Waals surface area contributed by atoms with E-state index in [-0.39, 0.29) is 11.7 Å². The van der Waals surface area contributed by atoms with Gasteiger partial charge in [0, 0.05) is 28.9 Å². The molecule has 0 atom stereocenters. The zero-order chi connectivity index (χ0) is 22.7. The minimum Gasteiger partial charge on any atom is -0.493 e. The minimum atomic E-state index is -0.360. The van der Waals surface area contributed by atoms with Crippen LogP contribution in [0.5, 0.6) is 5.75 Å². The molecule has 4 rings (SSSR count). The molecule has 0 spiro atoms. The quantitative estimate of drug-likeness (QED) is 0.359. The Hall–Kier alpha value is -3.18. The van der Waals surface area contributed by atoms with E-state index in [2.05, 4.69) is 37.1 Å². The fourth-order valence-corrected chi connectivity index (χ4v) is 4.33. The Balaban J connectivity index is 1.62. The van der Waals surface area contributed by atoms with Gasteiger partial charge in [-0.1, -0.05) is 38.1 Å². The Labute approximate surface area is 189 Å². The topological polar surface area (TPSA) is 41.6 Å². The SMILES string of the molecule is CCN(CC)CCCOc1ccccc2c(C=C3C(=O)Nc4ccc(F)cc43)cc(C)c1-2. The number of amides is 1. The van der Waals surface area contributed by atoms with Crippen molar-refractivity contribution in [1.82, 2.24) is 4.90 Å². The fourth-order valence-electron chi connectivity index (χ4n) is 4.33. The number of hydrogen-bond acceptors (Lipinski definition) is 3. The number of aryl methyl sites for hydroxylation is 1. The lowest BCUT2D eigenvalue weighted by Gasteiger charge is -2.18. The van der Waals surface area contributed by atoms with Crippen LogP contribution >= 0.6 is 0 Å². The van der Waals surface area contributed by atoms with Crippen molar-refractivity contribution in [2.24, 2.45) is 0 Å². The molecular weight excluding hydrogens is 403 g/mol. The van der Waals surface area contributed by atoms with Crippen molar-refractivity contribution in [2.75, 3.05) is 31.6 Å². The van der Waals surface area contributed by atoms with Crippen LogP contribution in [-0.4, -0.2) is 37.0 Å². The van der Waals surface area contributed by atoms with Crippen LogP contribution < -0.4 is 10.1 Å². The number of fused-ring (bicyclic) bond motifs is 2. The van der Waals surface area contributed by atoms with Crippen molar-refractivity contribution in [3.63, 3.8) is 0 Å². The molecule has 0 saturated carbocycles. The molecule has 2 aliphatic carbocycles. The molecule has 4 nitrogen and oxygen atoms in total. The monoisotopic (exact) mass is 432 g/mol. The molecule has 3 aliphatic rings. The van der Waals surface area contributed by atoms with Crippen molar-refractivity contribution >= 4 is 23.2 Å². The molecule has 0 bridgehead atoms. The van der Waals surface area contributed by atoms with Crippen LogP contribution in [0.3, 0.4) is 0 Å². The van der Waals surface area contributed by atoms with Gasteiger partial charge in [0.25, 0.3) is 5.91 Å². The number of benzene rings is 1. The first kappa shape index (κ1) is 22.0. The summed E-state index contributed by atoms with van der Waals surface area (Å²) in [5, 5.41) is 2.82. The average Bonchev–Trinajstić information content (AvgIpc) is 3.15. The van der Waals surface area contributed by atoms with E-state index >= 15 is 0 Å². The third-order valence-corrected chi connectivity index (χ3v) is 6.05. The summed E-state index contributed by atoms with van der Waals surface area (Å²) in [6.07, 6.45) is 2.81. The molecule has 1 aromatic carbocycles. The Morgan fingerprint density at radius 1 is 1.06 bits per heavy atom. The maximum absolute atomic E-state index is 13.8. The second kappa shape index (κ2) is 9.53. The van der Waals surface area contributed by atoms with Gasteiger partial charge in [0.05, 0.1) is 6.61 Å². The van der Waals surface area contributed by atoms with E-state index in [4.69, 9.17) is 4.74 Å². The van der Waals surface area contributed by atoms with Gasteiger partial charge in [-0.2, -0.15) is 0 Å². The van der Waals surface area contributed by atoms with Gasteiger partial charge in [0.15, 0.2) is 0 Å². The lowest BCUT2D eigenvalue weighted by Crippen LogP contribution is -2.25. The average molecular weight is 433 g/mol. The number of ether oxygens (including phenoxy) is 1. The second-order valence-corrected chi connectivity index (χ2v) is 8.08. The third-order valence-electron chi connectivity index (χ3n) is 6.05. The first-order chi connectivity index (χ1) is 15.5. The molecule has 1 aromatic rings. The number of rotatable bonds is 8. The highest BCUT2D eigenvalue weighted by atomic mass is 19.1. The summed E-state index contributed by atoms with van der Waals surface area (Å²) in [4.78, 5) is 15.0. The molecule has 0 saturated heterocycles. The molecule has 1 heterocycles. The highest BCUT2D eigenvalue weighted by Gasteiger charge is 2.26. The van der Waals surface area contributed by atoms with Crippen LogP contribution in [0.1, 0.15) is 37.0 Å². The highest BCUT2D eigenvalue weighted by Crippen LogP contribution is 2.41. The van der Waals surface area contributed by atoms with Gasteiger partial charge >= 0.3 is 0 Å². The predicted molar refractivity (Wildman–Crippen MR) is 129 cm³/mol. The third kappa shape index (κ3) is 4.39. The summed E-state index contributed by atoms with van der Waals surface area (Å²) in [5.74, 6) is 0.265. The maximum Gasteiger partial charge on any atom is 0.256 e. The van der Waals surface area contributed by atoms with Crippen LogP contribution in [-0.2, 0) is 4.79 Å². The lowest BCUT2D eigenvalue weighted by atomic mass is 10.0. The zero-order valence-electron chi connectivity index (χ0n) is 18.9. The largest absolute Gasteiger partial charge is 0.493 e. The number of nitrogens with zero attached hydrogens (tertiary/aromatic N) is 1. The van der Waals surface area contributed by atoms with Gasteiger partial charge in [0.2, 0.25) is 0 Å². The summed E-state index contributed by atoms with van der Waals surface area (Å²) >= 11 is 0. The second-order valence-electron chi connectivity index (χ2n) is 8.08. The zero-order valence-corrected chi connectivity index (χ0v) is 18.9. The van der Waals surface area contributed by atoms with Crippen molar-refractivity contribution in [3.8, 4) is 16.9 Å². The van der Waals surface area contributed by atoms with Gasteiger partial charge in [0.1, 0.15) is 11.6 Å². The van der Waals surface area contributed by atoms with Crippen LogP contribution in [0.25, 0.3) is 22.8 Å². The first-order valence-electron chi connectivity index (χ1n) is 11.2. The molecule has 0 fully saturated rings. The van der Waals surface area contributed by atoms with Gasteiger partial charge < -0.3 is 15.0 Å². The Bertz CT molecular complexity index is 1130. The van der Waals surface area contributed by atoms with Gasteiger partial charge in [-0.3, -0.25) is 4.79 Å². The van der Waals surface area contributed by atoms with Crippen LogP contribution in [0.4, 0.5) is 10.1 Å². The standard InChI is InChI=1S/C27H29FN2O2/c1-4-30(5-2)13-8-14-32-25-10-7-6-9-21-19(15-18(3)26(21)25)16-23-22-17-20(28)11-12-24(22)29-27(23)31/h6-7,9-12,15-17H,4-5,8,13-14H2,1-3H3,(H,29,31). The van der Waals surface area contributed by atoms with E-state index in [1.54, 1.807) is 6.07 Å². The minimum absolute atomic E-state index is 0.217. The Kier molecular flexibility index (Phi) is 6.56. The maximum atomic E-state index is 13.8.